The van der Waals surface area contributed by atoms with Crippen LogP contribution in [-0.4, -0.2) is 30.4 Å². The third-order valence-corrected chi connectivity index (χ3v) is 5.35. The number of nitrogens with one attached hydrogen (secondary N) is 1. The molecule has 1 N–H and O–H groups in total. The van der Waals surface area contributed by atoms with Gasteiger partial charge in [-0.25, -0.2) is 4.39 Å². The Hall–Kier alpha value is -2.14. The highest BCUT2D eigenvalue weighted by molar-refractivity contribution is 5.82. The Morgan fingerprint density at radius 2 is 2.04 bits per heavy atom. The molecule has 1 aromatic heterocycles. The molecular weight excluding hydrogens is 319 g/mol. The van der Waals surface area contributed by atoms with E-state index in [1.165, 1.54) is 18.9 Å². The average Bonchev–Trinajstić information content (AvgIpc) is 3.03. The number of nitrogens with zero attached hydrogens (tertiary/aromatic N) is 1. The van der Waals surface area contributed by atoms with Gasteiger partial charge in [0.05, 0.1) is 12.3 Å². The second-order valence-electron chi connectivity index (χ2n) is 6.99. The molecule has 5 heteroatoms. The second-order valence-corrected chi connectivity index (χ2v) is 6.99. The van der Waals surface area contributed by atoms with E-state index in [4.69, 9.17) is 4.42 Å². The molecular formula is C20H23FN2O2. The van der Waals surface area contributed by atoms with Gasteiger partial charge in [0.15, 0.2) is 0 Å². The van der Waals surface area contributed by atoms with Gasteiger partial charge in [0, 0.05) is 12.5 Å². The Balaban J connectivity index is 1.37. The predicted molar refractivity (Wildman–Crippen MR) is 92.5 cm³/mol. The minimum Gasteiger partial charge on any atom is -0.468 e. The smallest absolute Gasteiger partial charge is 0.223 e. The summed E-state index contributed by atoms with van der Waals surface area (Å²) in [5.74, 6) is 0.587. The number of halogens is 1. The van der Waals surface area contributed by atoms with Crippen LogP contribution in [-0.2, 0) is 4.79 Å². The topological polar surface area (TPSA) is 45.5 Å². The maximum atomic E-state index is 13.9. The molecule has 0 unspecified atom stereocenters. The maximum Gasteiger partial charge on any atom is 0.223 e. The van der Waals surface area contributed by atoms with E-state index in [0.29, 0.717) is 12.1 Å². The molecule has 25 heavy (non-hydrogen) atoms. The van der Waals surface area contributed by atoms with Crippen molar-refractivity contribution in [3.63, 3.8) is 0 Å². The zero-order valence-electron chi connectivity index (χ0n) is 14.2. The lowest BCUT2D eigenvalue weighted by Crippen LogP contribution is -2.37. The fourth-order valence-corrected chi connectivity index (χ4v) is 3.88. The fraction of sp³-hybridized carbons (Fsp3) is 0.450. The first-order valence-electron chi connectivity index (χ1n) is 9.03. The number of hydrogen-bond acceptors (Lipinski definition) is 3. The molecule has 0 bridgehead atoms. The van der Waals surface area contributed by atoms with E-state index in [2.05, 4.69) is 10.2 Å². The van der Waals surface area contributed by atoms with Crippen molar-refractivity contribution in [3.05, 3.63) is 59.8 Å². The van der Waals surface area contributed by atoms with Crippen molar-refractivity contribution in [2.45, 2.75) is 31.2 Å². The minimum absolute atomic E-state index is 0.00931. The number of carbonyl (C=O) groups excluding carboxylic acids is 1. The van der Waals surface area contributed by atoms with Crippen molar-refractivity contribution < 1.29 is 13.6 Å². The lowest BCUT2D eigenvalue weighted by Gasteiger charge is -2.26. The number of likely N-dealkylation sites (tertiary alicyclic amines) is 1. The molecule has 3 atom stereocenters. The van der Waals surface area contributed by atoms with Gasteiger partial charge in [-0.1, -0.05) is 18.2 Å². The van der Waals surface area contributed by atoms with Gasteiger partial charge >= 0.3 is 0 Å². The molecule has 132 valence electrons. The standard InChI is InChI=1S/C20H23FN2O2/c21-17-7-2-1-6-14(17)15-12-16(15)20(24)22-13-18(19-8-5-11-25-19)23-9-3-4-10-23/h1-2,5-8,11,15-16,18H,3-4,9-10,12-13H2,(H,22,24)/t15-,16+,18+/m0/s1. The highest BCUT2D eigenvalue weighted by Crippen LogP contribution is 2.48. The number of hydrogen-bond donors (Lipinski definition) is 1. The van der Waals surface area contributed by atoms with Gasteiger partial charge in [-0.15, -0.1) is 0 Å². The van der Waals surface area contributed by atoms with Crippen LogP contribution in [0.3, 0.4) is 0 Å². The predicted octanol–water partition coefficient (Wildman–Crippen LogP) is 3.48. The third kappa shape index (κ3) is 3.47. The van der Waals surface area contributed by atoms with Crippen molar-refractivity contribution in [2.75, 3.05) is 19.6 Å². The maximum absolute atomic E-state index is 13.9. The highest BCUT2D eigenvalue weighted by Gasteiger charge is 2.45. The fourth-order valence-electron chi connectivity index (χ4n) is 3.88. The van der Waals surface area contributed by atoms with Gasteiger partial charge < -0.3 is 9.73 Å². The van der Waals surface area contributed by atoms with E-state index in [0.717, 1.165) is 25.3 Å². The van der Waals surface area contributed by atoms with E-state index in [-0.39, 0.29) is 29.6 Å². The van der Waals surface area contributed by atoms with Crippen LogP contribution in [0.1, 0.15) is 42.5 Å². The summed E-state index contributed by atoms with van der Waals surface area (Å²) in [6.45, 7) is 2.60. The lowest BCUT2D eigenvalue weighted by molar-refractivity contribution is -0.122. The van der Waals surface area contributed by atoms with E-state index in [9.17, 15) is 9.18 Å². The number of rotatable bonds is 6. The summed E-state index contributed by atoms with van der Waals surface area (Å²) < 4.78 is 19.5. The number of amides is 1. The Bertz CT molecular complexity index is 725. The van der Waals surface area contributed by atoms with Gasteiger partial charge in [0.2, 0.25) is 5.91 Å². The van der Waals surface area contributed by atoms with E-state index in [1.54, 1.807) is 18.4 Å². The van der Waals surface area contributed by atoms with Gasteiger partial charge in [-0.2, -0.15) is 0 Å². The molecule has 2 heterocycles. The molecule has 1 aromatic carbocycles. The van der Waals surface area contributed by atoms with E-state index in [1.807, 2.05) is 18.2 Å². The second kappa shape index (κ2) is 7.00. The number of carbonyl (C=O) groups is 1. The van der Waals surface area contributed by atoms with Crippen LogP contribution in [0.2, 0.25) is 0 Å². The SMILES string of the molecule is O=C(NC[C@H](c1ccco1)N1CCCC1)[C@@H]1C[C@H]1c1ccccc1F. The Morgan fingerprint density at radius 3 is 2.76 bits per heavy atom. The zero-order valence-corrected chi connectivity index (χ0v) is 14.2. The average molecular weight is 342 g/mol. The first kappa shape index (κ1) is 16.3. The van der Waals surface area contributed by atoms with Crippen LogP contribution in [0.25, 0.3) is 0 Å². The molecule has 1 saturated carbocycles. The van der Waals surface area contributed by atoms with Crippen LogP contribution in [0.15, 0.2) is 47.1 Å². The quantitative estimate of drug-likeness (QED) is 0.874. The number of benzene rings is 1. The summed E-state index contributed by atoms with van der Waals surface area (Å²) in [6.07, 6.45) is 4.77. The summed E-state index contributed by atoms with van der Waals surface area (Å²) in [6, 6.07) is 10.7. The third-order valence-electron chi connectivity index (χ3n) is 5.35. The van der Waals surface area contributed by atoms with Crippen molar-refractivity contribution >= 4 is 5.91 Å². The summed E-state index contributed by atoms with van der Waals surface area (Å²) in [7, 11) is 0. The summed E-state index contributed by atoms with van der Waals surface area (Å²) >= 11 is 0. The molecule has 0 radical (unpaired) electrons. The molecule has 0 spiro atoms. The van der Waals surface area contributed by atoms with Gasteiger partial charge in [-0.3, -0.25) is 9.69 Å². The summed E-state index contributed by atoms with van der Waals surface area (Å²) in [5, 5.41) is 3.07. The molecule has 1 aliphatic carbocycles. The van der Waals surface area contributed by atoms with Gasteiger partial charge in [0.25, 0.3) is 0 Å². The molecule has 1 aliphatic heterocycles. The molecule has 2 fully saturated rings. The summed E-state index contributed by atoms with van der Waals surface area (Å²) in [4.78, 5) is 14.9. The number of furan rings is 1. The van der Waals surface area contributed by atoms with Crippen LogP contribution in [0, 0.1) is 11.7 Å². The summed E-state index contributed by atoms with van der Waals surface area (Å²) in [5.41, 5.74) is 0.657. The Morgan fingerprint density at radius 1 is 1.24 bits per heavy atom. The lowest BCUT2D eigenvalue weighted by atomic mass is 10.1. The normalized spacial score (nSPS) is 24.2. The zero-order chi connectivity index (χ0) is 17.2. The van der Waals surface area contributed by atoms with Crippen molar-refractivity contribution in [1.29, 1.82) is 0 Å². The molecule has 2 aliphatic rings. The first-order valence-corrected chi connectivity index (χ1v) is 9.03. The van der Waals surface area contributed by atoms with Crippen molar-refractivity contribution in [3.8, 4) is 0 Å². The molecule has 4 nitrogen and oxygen atoms in total. The van der Waals surface area contributed by atoms with Crippen LogP contribution in [0.4, 0.5) is 4.39 Å². The van der Waals surface area contributed by atoms with E-state index >= 15 is 0 Å². The highest BCUT2D eigenvalue weighted by atomic mass is 19.1. The van der Waals surface area contributed by atoms with Crippen molar-refractivity contribution in [2.24, 2.45) is 5.92 Å². The first-order chi connectivity index (χ1) is 12.2. The van der Waals surface area contributed by atoms with E-state index < -0.39 is 0 Å². The minimum atomic E-state index is -0.215. The van der Waals surface area contributed by atoms with Crippen molar-refractivity contribution in [1.82, 2.24) is 10.2 Å². The molecule has 2 aromatic rings. The monoisotopic (exact) mass is 342 g/mol. The van der Waals surface area contributed by atoms with Gasteiger partial charge in [0.1, 0.15) is 11.6 Å². The van der Waals surface area contributed by atoms with Crippen LogP contribution < -0.4 is 5.32 Å². The molecule has 4 rings (SSSR count). The Labute approximate surface area is 147 Å². The molecule has 1 saturated heterocycles. The Kier molecular flexibility index (Phi) is 4.57. The van der Waals surface area contributed by atoms with Crippen LogP contribution in [0.5, 0.6) is 0 Å². The van der Waals surface area contributed by atoms with Gasteiger partial charge in [-0.05, 0) is 62.0 Å². The largest absolute Gasteiger partial charge is 0.468 e. The molecule has 1 amide bonds. The van der Waals surface area contributed by atoms with Crippen LogP contribution >= 0.6 is 0 Å².